The van der Waals surface area contributed by atoms with E-state index < -0.39 is 0 Å². The maximum Gasteiger partial charge on any atom is 0.0818 e. The fraction of sp³-hybridized carbons (Fsp3) is 0.273. The van der Waals surface area contributed by atoms with Gasteiger partial charge in [0.25, 0.3) is 0 Å². The van der Waals surface area contributed by atoms with Crippen LogP contribution in [0.15, 0.2) is 48.5 Å². The molecule has 120 valence electrons. The van der Waals surface area contributed by atoms with Crippen molar-refractivity contribution in [3.05, 3.63) is 87.7 Å². The van der Waals surface area contributed by atoms with E-state index in [2.05, 4.69) is 72.3 Å². The Morgan fingerprint density at radius 3 is 2.54 bits per heavy atom. The van der Waals surface area contributed by atoms with Gasteiger partial charge in [0.15, 0.2) is 0 Å². The van der Waals surface area contributed by atoms with E-state index in [4.69, 9.17) is 0 Å². The van der Waals surface area contributed by atoms with Crippen LogP contribution in [0.2, 0.25) is 0 Å². The van der Waals surface area contributed by atoms with Crippen LogP contribution in [0.4, 0.5) is 5.69 Å². The number of aryl methyl sites for hydroxylation is 2. The maximum atomic E-state index is 3.61. The second-order valence-electron chi connectivity index (χ2n) is 7.12. The largest absolute Gasteiger partial charge is 0.362 e. The molecule has 1 atom stereocenters. The molecule has 0 bridgehead atoms. The molecule has 1 unspecified atom stereocenters. The highest BCUT2D eigenvalue weighted by Crippen LogP contribution is 2.45. The van der Waals surface area contributed by atoms with Crippen LogP contribution in [-0.2, 0) is 12.8 Å². The molecule has 5 rings (SSSR count). The Kier molecular flexibility index (Phi) is 2.90. The standard InChI is InChI=1S/C22H22N2/c1-14-19-13-17-8-4-6-10-20(17)24-12-11-16-7-3-5-9-18(16)22(24)21(19)15(2)23-14/h3-10,22-23H,11-13H2,1-2H3. The van der Waals surface area contributed by atoms with E-state index in [1.165, 1.54) is 44.9 Å². The van der Waals surface area contributed by atoms with E-state index in [0.717, 1.165) is 19.4 Å². The van der Waals surface area contributed by atoms with Crippen LogP contribution in [0.1, 0.15) is 45.2 Å². The summed E-state index contributed by atoms with van der Waals surface area (Å²) in [7, 11) is 0. The predicted molar refractivity (Wildman–Crippen MR) is 98.8 cm³/mol. The number of nitrogens with zero attached hydrogens (tertiary/aromatic N) is 1. The zero-order chi connectivity index (χ0) is 16.3. The third-order valence-electron chi connectivity index (χ3n) is 5.78. The monoisotopic (exact) mass is 314 g/mol. The topological polar surface area (TPSA) is 19.0 Å². The second-order valence-corrected chi connectivity index (χ2v) is 7.12. The third-order valence-corrected chi connectivity index (χ3v) is 5.78. The van der Waals surface area contributed by atoms with Crippen molar-refractivity contribution < 1.29 is 0 Å². The third kappa shape index (κ3) is 1.83. The molecule has 0 fully saturated rings. The van der Waals surface area contributed by atoms with E-state index >= 15 is 0 Å². The van der Waals surface area contributed by atoms with Crippen molar-refractivity contribution >= 4 is 5.69 Å². The van der Waals surface area contributed by atoms with Gasteiger partial charge in [-0.05, 0) is 48.6 Å². The molecule has 0 saturated heterocycles. The average Bonchev–Trinajstić information content (AvgIpc) is 2.80. The van der Waals surface area contributed by atoms with Gasteiger partial charge in [-0.1, -0.05) is 42.5 Å². The number of anilines is 1. The van der Waals surface area contributed by atoms with Crippen LogP contribution in [0.5, 0.6) is 0 Å². The van der Waals surface area contributed by atoms with E-state index in [1.807, 2.05) is 0 Å². The average molecular weight is 314 g/mol. The molecule has 1 N–H and O–H groups in total. The van der Waals surface area contributed by atoms with Gasteiger partial charge in [0.1, 0.15) is 0 Å². The van der Waals surface area contributed by atoms with Crippen molar-refractivity contribution in [1.29, 1.82) is 0 Å². The molecule has 3 aromatic rings. The van der Waals surface area contributed by atoms with Gasteiger partial charge >= 0.3 is 0 Å². The van der Waals surface area contributed by atoms with Crippen LogP contribution < -0.4 is 4.90 Å². The molecule has 2 nitrogen and oxygen atoms in total. The fourth-order valence-electron chi connectivity index (χ4n) is 4.72. The van der Waals surface area contributed by atoms with Crippen LogP contribution in [0.3, 0.4) is 0 Å². The Hall–Kier alpha value is -2.48. The first-order valence-corrected chi connectivity index (χ1v) is 8.84. The van der Waals surface area contributed by atoms with Crippen molar-refractivity contribution in [3.8, 4) is 0 Å². The number of aromatic amines is 1. The molecule has 0 radical (unpaired) electrons. The number of H-pyrrole nitrogens is 1. The van der Waals surface area contributed by atoms with Crippen molar-refractivity contribution in [2.24, 2.45) is 0 Å². The molecule has 24 heavy (non-hydrogen) atoms. The number of fused-ring (bicyclic) bond motifs is 7. The highest BCUT2D eigenvalue weighted by atomic mass is 15.2. The Bertz CT molecular complexity index is 935. The van der Waals surface area contributed by atoms with Crippen LogP contribution in [0, 0.1) is 13.8 Å². The number of rotatable bonds is 0. The predicted octanol–water partition coefficient (Wildman–Crippen LogP) is 4.69. The first-order valence-electron chi connectivity index (χ1n) is 8.84. The van der Waals surface area contributed by atoms with Crippen molar-refractivity contribution in [2.45, 2.75) is 32.7 Å². The minimum atomic E-state index is 0.332. The lowest BCUT2D eigenvalue weighted by molar-refractivity contribution is 0.652. The molecular formula is C22H22N2. The molecule has 0 spiro atoms. The minimum Gasteiger partial charge on any atom is -0.362 e. The Labute approximate surface area is 143 Å². The molecule has 0 saturated carbocycles. The zero-order valence-corrected chi connectivity index (χ0v) is 14.3. The molecule has 2 aliphatic heterocycles. The first kappa shape index (κ1) is 13.9. The first-order chi connectivity index (χ1) is 11.7. The maximum absolute atomic E-state index is 3.61. The van der Waals surface area contributed by atoms with Gasteiger partial charge in [-0.3, -0.25) is 0 Å². The second kappa shape index (κ2) is 5.01. The van der Waals surface area contributed by atoms with Gasteiger partial charge in [-0.25, -0.2) is 0 Å². The summed E-state index contributed by atoms with van der Waals surface area (Å²) in [5, 5.41) is 0. The lowest BCUT2D eigenvalue weighted by Crippen LogP contribution is -2.36. The number of nitrogens with one attached hydrogen (secondary N) is 1. The minimum absolute atomic E-state index is 0.332. The van der Waals surface area contributed by atoms with Crippen LogP contribution in [0.25, 0.3) is 0 Å². The van der Waals surface area contributed by atoms with E-state index in [9.17, 15) is 0 Å². The summed E-state index contributed by atoms with van der Waals surface area (Å²) in [5.41, 5.74) is 11.5. The van der Waals surface area contributed by atoms with Gasteiger partial charge in [-0.2, -0.15) is 0 Å². The number of hydrogen-bond acceptors (Lipinski definition) is 1. The molecule has 2 aromatic carbocycles. The highest BCUT2D eigenvalue weighted by Gasteiger charge is 2.35. The summed E-state index contributed by atoms with van der Waals surface area (Å²) in [4.78, 5) is 6.24. The smallest absolute Gasteiger partial charge is 0.0818 e. The van der Waals surface area contributed by atoms with Crippen LogP contribution >= 0.6 is 0 Å². The number of para-hydroxylation sites is 1. The summed E-state index contributed by atoms with van der Waals surface area (Å²) in [5.74, 6) is 0. The summed E-state index contributed by atoms with van der Waals surface area (Å²) in [6, 6.07) is 18.3. The van der Waals surface area contributed by atoms with Crippen LogP contribution in [-0.4, -0.2) is 11.5 Å². The molecule has 0 aliphatic carbocycles. The van der Waals surface area contributed by atoms with Gasteiger partial charge in [0.2, 0.25) is 0 Å². The van der Waals surface area contributed by atoms with Crippen molar-refractivity contribution in [1.82, 2.24) is 4.98 Å². The fourth-order valence-corrected chi connectivity index (χ4v) is 4.72. The van der Waals surface area contributed by atoms with E-state index in [-0.39, 0.29) is 0 Å². The highest BCUT2D eigenvalue weighted by molar-refractivity contribution is 5.65. The number of benzene rings is 2. The Balaban J connectivity index is 1.84. The molecule has 0 amide bonds. The molecule has 2 heteroatoms. The summed E-state index contributed by atoms with van der Waals surface area (Å²) in [6.07, 6.45) is 2.15. The Morgan fingerprint density at radius 1 is 0.917 bits per heavy atom. The summed E-state index contributed by atoms with van der Waals surface area (Å²) in [6.45, 7) is 5.54. The Morgan fingerprint density at radius 2 is 1.67 bits per heavy atom. The van der Waals surface area contributed by atoms with Gasteiger partial charge in [-0.15, -0.1) is 0 Å². The molecular weight excluding hydrogens is 292 g/mol. The summed E-state index contributed by atoms with van der Waals surface area (Å²) < 4.78 is 0. The quantitative estimate of drug-likeness (QED) is 0.638. The normalized spacial score (nSPS) is 18.2. The molecule has 1 aromatic heterocycles. The molecule has 3 heterocycles. The van der Waals surface area contributed by atoms with E-state index in [1.54, 1.807) is 0 Å². The lowest BCUT2D eigenvalue weighted by atomic mass is 9.86. The van der Waals surface area contributed by atoms with Gasteiger partial charge < -0.3 is 9.88 Å². The molecule has 2 aliphatic rings. The SMILES string of the molecule is Cc1[nH]c(C)c2c1Cc1ccccc1N1CCc3ccccc3C21. The van der Waals surface area contributed by atoms with Gasteiger partial charge in [0, 0.05) is 35.6 Å². The summed E-state index contributed by atoms with van der Waals surface area (Å²) >= 11 is 0. The van der Waals surface area contributed by atoms with Crippen molar-refractivity contribution in [3.63, 3.8) is 0 Å². The zero-order valence-electron chi connectivity index (χ0n) is 14.3. The van der Waals surface area contributed by atoms with Gasteiger partial charge in [0.05, 0.1) is 6.04 Å². The van der Waals surface area contributed by atoms with Crippen molar-refractivity contribution in [2.75, 3.05) is 11.4 Å². The number of aromatic nitrogens is 1. The lowest BCUT2D eigenvalue weighted by Gasteiger charge is -2.39. The number of hydrogen-bond donors (Lipinski definition) is 1. The van der Waals surface area contributed by atoms with E-state index in [0.29, 0.717) is 6.04 Å².